The van der Waals surface area contributed by atoms with Gasteiger partial charge in [0.2, 0.25) is 15.3 Å². The Kier molecular flexibility index (Phi) is 6.24. The average molecular weight is 464 g/mol. The molecule has 0 saturated heterocycles. The molecule has 0 radical (unpaired) electrons. The van der Waals surface area contributed by atoms with Crippen LogP contribution in [0.5, 0.6) is 11.5 Å². The third kappa shape index (κ3) is 4.50. The van der Waals surface area contributed by atoms with Gasteiger partial charge in [0.1, 0.15) is 16.4 Å². The van der Waals surface area contributed by atoms with Gasteiger partial charge in [0.25, 0.3) is 0 Å². The average Bonchev–Trinajstić information content (AvgIpc) is 2.81. The molecule has 0 bridgehead atoms. The molecule has 0 aliphatic carbocycles. The van der Waals surface area contributed by atoms with Gasteiger partial charge in [-0.2, -0.15) is 0 Å². The fourth-order valence-electron chi connectivity index (χ4n) is 3.82. The van der Waals surface area contributed by atoms with Gasteiger partial charge < -0.3 is 14.0 Å². The number of hydrogen-bond acceptors (Lipinski definition) is 5. The standard InChI is InChI=1S/C26H25NO5S/c1-4-32-21-10-13-24-23(15-21)26(28)25(17-27(24)16-19-7-5-6-18(2)14-19)33(29,30)22-11-8-20(31-3)9-12-22/h5-15,17H,4,16H2,1-3H3. The van der Waals surface area contributed by atoms with E-state index in [0.717, 1.165) is 11.1 Å². The van der Waals surface area contributed by atoms with Crippen LogP contribution < -0.4 is 14.9 Å². The zero-order chi connectivity index (χ0) is 23.6. The molecule has 6 nitrogen and oxygen atoms in total. The van der Waals surface area contributed by atoms with Crippen molar-refractivity contribution >= 4 is 20.7 Å². The number of aryl methyl sites for hydroxylation is 1. The highest BCUT2D eigenvalue weighted by atomic mass is 32.2. The molecule has 4 rings (SSSR count). The summed E-state index contributed by atoms with van der Waals surface area (Å²) in [6, 6.07) is 19.2. The quantitative estimate of drug-likeness (QED) is 0.401. The molecule has 0 fully saturated rings. The van der Waals surface area contributed by atoms with Gasteiger partial charge in [0.15, 0.2) is 0 Å². The summed E-state index contributed by atoms with van der Waals surface area (Å²) in [6.45, 7) is 4.70. The van der Waals surface area contributed by atoms with E-state index >= 15 is 0 Å². The van der Waals surface area contributed by atoms with Gasteiger partial charge in [0.05, 0.1) is 29.5 Å². The van der Waals surface area contributed by atoms with Crippen molar-refractivity contribution in [1.29, 1.82) is 0 Å². The third-order valence-electron chi connectivity index (χ3n) is 5.42. The normalized spacial score (nSPS) is 11.5. The van der Waals surface area contributed by atoms with Crippen molar-refractivity contribution in [3.05, 3.63) is 94.3 Å². The predicted molar refractivity (Wildman–Crippen MR) is 128 cm³/mol. The van der Waals surface area contributed by atoms with E-state index in [1.807, 2.05) is 38.1 Å². The molecule has 1 aromatic heterocycles. The summed E-state index contributed by atoms with van der Waals surface area (Å²) < 4.78 is 39.5. The van der Waals surface area contributed by atoms with Crippen LogP contribution in [0.4, 0.5) is 0 Å². The minimum absolute atomic E-state index is 0.0304. The molecule has 0 aliphatic heterocycles. The number of fused-ring (bicyclic) bond motifs is 1. The molecule has 0 atom stereocenters. The molecule has 170 valence electrons. The molecule has 0 N–H and O–H groups in total. The Balaban J connectivity index is 1.94. The number of methoxy groups -OCH3 is 1. The second kappa shape index (κ2) is 9.11. The number of sulfone groups is 1. The molecule has 0 saturated carbocycles. The summed E-state index contributed by atoms with van der Waals surface area (Å²) in [7, 11) is -2.56. The van der Waals surface area contributed by atoms with Crippen LogP contribution in [0.1, 0.15) is 18.1 Å². The predicted octanol–water partition coefficient (Wildman–Crippen LogP) is 4.60. The van der Waals surface area contributed by atoms with E-state index < -0.39 is 15.3 Å². The summed E-state index contributed by atoms with van der Waals surface area (Å²) in [4.78, 5) is 13.2. The Labute approximate surface area is 192 Å². The van der Waals surface area contributed by atoms with Gasteiger partial charge in [-0.3, -0.25) is 4.79 Å². The Morgan fingerprint density at radius 2 is 1.67 bits per heavy atom. The Morgan fingerprint density at radius 3 is 2.33 bits per heavy atom. The van der Waals surface area contributed by atoms with Gasteiger partial charge in [-0.15, -0.1) is 0 Å². The lowest BCUT2D eigenvalue weighted by atomic mass is 10.1. The number of nitrogens with zero attached hydrogens (tertiary/aromatic N) is 1. The highest BCUT2D eigenvalue weighted by Crippen LogP contribution is 2.26. The van der Waals surface area contributed by atoms with Crippen LogP contribution in [-0.4, -0.2) is 26.7 Å². The van der Waals surface area contributed by atoms with Crippen LogP contribution in [-0.2, 0) is 16.4 Å². The summed E-state index contributed by atoms with van der Waals surface area (Å²) >= 11 is 0. The number of benzene rings is 3. The summed E-state index contributed by atoms with van der Waals surface area (Å²) in [6.07, 6.45) is 1.44. The van der Waals surface area contributed by atoms with Gasteiger partial charge in [-0.25, -0.2) is 8.42 Å². The monoisotopic (exact) mass is 463 g/mol. The van der Waals surface area contributed by atoms with E-state index in [0.29, 0.717) is 35.6 Å². The second-order valence-electron chi connectivity index (χ2n) is 7.73. The zero-order valence-corrected chi connectivity index (χ0v) is 19.6. The summed E-state index contributed by atoms with van der Waals surface area (Å²) in [5.74, 6) is 1.05. The first-order valence-electron chi connectivity index (χ1n) is 10.6. The Hall–Kier alpha value is -3.58. The van der Waals surface area contributed by atoms with Crippen LogP contribution >= 0.6 is 0 Å². The molecule has 7 heteroatoms. The lowest BCUT2D eigenvalue weighted by molar-refractivity contribution is 0.340. The van der Waals surface area contributed by atoms with Crippen LogP contribution in [0.25, 0.3) is 10.9 Å². The Morgan fingerprint density at radius 1 is 0.939 bits per heavy atom. The van der Waals surface area contributed by atoms with Crippen molar-refractivity contribution in [2.75, 3.05) is 13.7 Å². The molecule has 0 amide bonds. The van der Waals surface area contributed by atoms with E-state index in [1.54, 1.807) is 34.9 Å². The number of aromatic nitrogens is 1. The first-order valence-corrected chi connectivity index (χ1v) is 12.1. The number of ether oxygens (including phenoxy) is 2. The summed E-state index contributed by atoms with van der Waals surface area (Å²) in [5, 5.41) is 0.295. The largest absolute Gasteiger partial charge is 0.497 e. The van der Waals surface area contributed by atoms with Crippen molar-refractivity contribution in [2.24, 2.45) is 0 Å². The lowest BCUT2D eigenvalue weighted by Crippen LogP contribution is -2.20. The minimum Gasteiger partial charge on any atom is -0.497 e. The van der Waals surface area contributed by atoms with Gasteiger partial charge in [0, 0.05) is 12.7 Å². The van der Waals surface area contributed by atoms with Crippen molar-refractivity contribution in [2.45, 2.75) is 30.2 Å². The molecular weight excluding hydrogens is 438 g/mol. The van der Waals surface area contributed by atoms with Crippen molar-refractivity contribution in [3.8, 4) is 11.5 Å². The number of hydrogen-bond donors (Lipinski definition) is 0. The fraction of sp³-hybridized carbons (Fsp3) is 0.192. The van der Waals surface area contributed by atoms with Gasteiger partial charge in [-0.1, -0.05) is 29.8 Å². The third-order valence-corrected chi connectivity index (χ3v) is 7.19. The van der Waals surface area contributed by atoms with Crippen LogP contribution in [0.15, 0.2) is 87.5 Å². The smallest absolute Gasteiger partial charge is 0.211 e. The zero-order valence-electron chi connectivity index (χ0n) is 18.7. The van der Waals surface area contributed by atoms with E-state index in [-0.39, 0.29) is 9.79 Å². The van der Waals surface area contributed by atoms with Crippen molar-refractivity contribution in [1.82, 2.24) is 4.57 Å². The maximum atomic E-state index is 13.5. The van der Waals surface area contributed by atoms with E-state index in [4.69, 9.17) is 9.47 Å². The van der Waals surface area contributed by atoms with Crippen LogP contribution in [0, 0.1) is 6.92 Å². The molecule has 1 heterocycles. The van der Waals surface area contributed by atoms with Gasteiger partial charge in [-0.05, 0) is 61.9 Å². The number of pyridine rings is 1. The minimum atomic E-state index is -4.06. The molecular formula is C26H25NO5S. The second-order valence-corrected chi connectivity index (χ2v) is 9.65. The maximum Gasteiger partial charge on any atom is 0.211 e. The van der Waals surface area contributed by atoms with Crippen LogP contribution in [0.2, 0.25) is 0 Å². The highest BCUT2D eigenvalue weighted by molar-refractivity contribution is 7.91. The topological polar surface area (TPSA) is 74.6 Å². The molecule has 33 heavy (non-hydrogen) atoms. The fourth-order valence-corrected chi connectivity index (χ4v) is 5.19. The van der Waals surface area contributed by atoms with E-state index in [2.05, 4.69) is 0 Å². The van der Waals surface area contributed by atoms with Crippen molar-refractivity contribution < 1.29 is 17.9 Å². The highest BCUT2D eigenvalue weighted by Gasteiger charge is 2.24. The molecule has 0 unspecified atom stereocenters. The van der Waals surface area contributed by atoms with Gasteiger partial charge >= 0.3 is 0 Å². The maximum absolute atomic E-state index is 13.5. The molecule has 0 aliphatic rings. The van der Waals surface area contributed by atoms with Crippen LogP contribution in [0.3, 0.4) is 0 Å². The van der Waals surface area contributed by atoms with Crippen molar-refractivity contribution in [3.63, 3.8) is 0 Å². The first-order chi connectivity index (χ1) is 15.8. The summed E-state index contributed by atoms with van der Waals surface area (Å²) in [5.41, 5.74) is 2.19. The van der Waals surface area contributed by atoms with E-state index in [9.17, 15) is 13.2 Å². The SMILES string of the molecule is CCOc1ccc2c(c1)c(=O)c(S(=O)(=O)c1ccc(OC)cc1)cn2Cc1cccc(C)c1. The molecule has 3 aromatic carbocycles. The van der Waals surface area contributed by atoms with E-state index in [1.165, 1.54) is 25.4 Å². The molecule has 4 aromatic rings. The Bertz CT molecular complexity index is 1470. The number of rotatable bonds is 7. The molecule has 0 spiro atoms. The first kappa shape index (κ1) is 22.6. The lowest BCUT2D eigenvalue weighted by Gasteiger charge is -2.15.